The number of aliphatic hydroxyl groups excluding tert-OH is 4. The monoisotopic (exact) mass is 662 g/mol. The van der Waals surface area contributed by atoms with Gasteiger partial charge in [-0.2, -0.15) is 0 Å². The van der Waals surface area contributed by atoms with Gasteiger partial charge in [0.1, 0.15) is 36.1 Å². The average Bonchev–Trinajstić information content (AvgIpc) is 3.62. The molecule has 0 aromatic rings. The van der Waals surface area contributed by atoms with Crippen molar-refractivity contribution in [3.8, 4) is 0 Å². The molecule has 0 aromatic heterocycles. The van der Waals surface area contributed by atoms with Gasteiger partial charge in [0, 0.05) is 18.3 Å². The number of carbonyl (C=O) groups is 1. The minimum absolute atomic E-state index is 0.0185. The van der Waals surface area contributed by atoms with Crippen molar-refractivity contribution in [3.63, 3.8) is 0 Å². The molecule has 17 atom stereocenters. The van der Waals surface area contributed by atoms with Crippen molar-refractivity contribution in [3.05, 3.63) is 0 Å². The lowest BCUT2D eigenvalue weighted by molar-refractivity contribution is -0.430. The molecule has 10 nitrogen and oxygen atoms in total. The summed E-state index contributed by atoms with van der Waals surface area (Å²) in [5.74, 6) is -0.514. The zero-order chi connectivity index (χ0) is 33.9. The minimum Gasteiger partial charge on any atom is -0.457 e. The quantitative estimate of drug-likeness (QED) is 0.261. The van der Waals surface area contributed by atoms with E-state index in [9.17, 15) is 25.2 Å². The highest BCUT2D eigenvalue weighted by Gasteiger charge is 2.88. The lowest BCUT2D eigenvalue weighted by Gasteiger charge is -2.63. The van der Waals surface area contributed by atoms with E-state index in [1.54, 1.807) is 0 Å². The molecule has 4 N–H and O–H groups in total. The largest absolute Gasteiger partial charge is 0.457 e. The average molecular weight is 663 g/mol. The van der Waals surface area contributed by atoms with E-state index in [1.165, 1.54) is 6.92 Å². The summed E-state index contributed by atoms with van der Waals surface area (Å²) in [4.78, 5) is 12.1. The molecule has 47 heavy (non-hydrogen) atoms. The highest BCUT2D eigenvalue weighted by molar-refractivity contribution is 5.66. The van der Waals surface area contributed by atoms with Crippen molar-refractivity contribution in [1.29, 1.82) is 0 Å². The summed E-state index contributed by atoms with van der Waals surface area (Å²) in [6.07, 6.45) is 1.47. The van der Waals surface area contributed by atoms with Crippen LogP contribution < -0.4 is 0 Å². The van der Waals surface area contributed by atoms with E-state index in [-0.39, 0.29) is 58.3 Å². The van der Waals surface area contributed by atoms with Crippen LogP contribution in [0.25, 0.3) is 0 Å². The maximum absolute atomic E-state index is 12.9. The fraction of sp³-hybridized carbons (Fsp3) is 0.973. The summed E-state index contributed by atoms with van der Waals surface area (Å²) in [5.41, 5.74) is -1.32. The number of rotatable bonds is 3. The zero-order valence-electron chi connectivity index (χ0n) is 29.5. The Morgan fingerprint density at radius 1 is 0.872 bits per heavy atom. The summed E-state index contributed by atoms with van der Waals surface area (Å²) in [6, 6.07) is 0. The first kappa shape index (κ1) is 33.3. The van der Waals surface area contributed by atoms with Crippen molar-refractivity contribution in [1.82, 2.24) is 0 Å². The van der Waals surface area contributed by atoms with E-state index < -0.39 is 53.6 Å². The van der Waals surface area contributed by atoms with Gasteiger partial charge in [-0.05, 0) is 105 Å². The first-order chi connectivity index (χ1) is 21.8. The third-order valence-corrected chi connectivity index (χ3v) is 16.3. The van der Waals surface area contributed by atoms with Crippen LogP contribution in [0.15, 0.2) is 0 Å². The Hall–Kier alpha value is -0.850. The predicted octanol–water partition coefficient (Wildman–Crippen LogP) is 3.69. The molecule has 3 saturated heterocycles. The first-order valence-corrected chi connectivity index (χ1v) is 18.4. The second kappa shape index (κ2) is 9.93. The van der Waals surface area contributed by atoms with Gasteiger partial charge in [0.15, 0.2) is 18.2 Å². The fourth-order valence-electron chi connectivity index (χ4n) is 14.4. The molecule has 8 unspecified atom stereocenters. The second-order valence-corrected chi connectivity index (χ2v) is 18.8. The predicted molar refractivity (Wildman–Crippen MR) is 168 cm³/mol. The molecule has 8 fully saturated rings. The van der Waals surface area contributed by atoms with Crippen molar-refractivity contribution >= 4 is 5.97 Å². The summed E-state index contributed by atoms with van der Waals surface area (Å²) in [7, 11) is 0. The van der Waals surface area contributed by atoms with Crippen LogP contribution >= 0.6 is 0 Å². The van der Waals surface area contributed by atoms with Crippen molar-refractivity contribution in [2.45, 2.75) is 167 Å². The molecule has 10 heteroatoms. The van der Waals surface area contributed by atoms with Gasteiger partial charge >= 0.3 is 5.97 Å². The third-order valence-electron chi connectivity index (χ3n) is 16.3. The number of fused-ring (bicyclic) bond motifs is 4. The minimum atomic E-state index is -1.29. The van der Waals surface area contributed by atoms with Crippen LogP contribution in [-0.4, -0.2) is 93.4 Å². The number of esters is 1. The summed E-state index contributed by atoms with van der Waals surface area (Å²) in [5, 5.41) is 43.8. The van der Waals surface area contributed by atoms with Crippen LogP contribution in [-0.2, 0) is 28.5 Å². The van der Waals surface area contributed by atoms with Gasteiger partial charge in [0.25, 0.3) is 0 Å². The smallest absolute Gasteiger partial charge is 0.303 e. The first-order valence-electron chi connectivity index (χ1n) is 18.4. The molecule has 0 amide bonds. The lowest BCUT2D eigenvalue weighted by atomic mass is 9.41. The zero-order valence-corrected chi connectivity index (χ0v) is 29.5. The number of hydrogen-bond acceptors (Lipinski definition) is 10. The van der Waals surface area contributed by atoms with E-state index in [2.05, 4.69) is 34.6 Å². The number of aliphatic hydroxyl groups is 4. The van der Waals surface area contributed by atoms with Gasteiger partial charge in [0.05, 0.1) is 12.7 Å². The number of hydrogen-bond donors (Lipinski definition) is 4. The third kappa shape index (κ3) is 3.88. The topological polar surface area (TPSA) is 144 Å². The van der Waals surface area contributed by atoms with E-state index >= 15 is 0 Å². The molecule has 3 spiro atoms. The second-order valence-electron chi connectivity index (χ2n) is 18.8. The molecular formula is C37H58O10. The molecule has 0 radical (unpaired) electrons. The lowest BCUT2D eigenvalue weighted by Crippen LogP contribution is -2.71. The van der Waals surface area contributed by atoms with Gasteiger partial charge in [-0.25, -0.2) is 0 Å². The summed E-state index contributed by atoms with van der Waals surface area (Å²) < 4.78 is 31.9. The van der Waals surface area contributed by atoms with Gasteiger partial charge in [-0.15, -0.1) is 0 Å². The van der Waals surface area contributed by atoms with Gasteiger partial charge in [-0.3, -0.25) is 4.79 Å². The summed E-state index contributed by atoms with van der Waals surface area (Å²) >= 11 is 0. The Morgan fingerprint density at radius 2 is 1.55 bits per heavy atom. The van der Waals surface area contributed by atoms with Crippen LogP contribution in [0.5, 0.6) is 0 Å². The number of carbonyl (C=O) groups excluding carboxylic acids is 1. The van der Waals surface area contributed by atoms with E-state index in [4.69, 9.17) is 23.7 Å². The molecule has 3 heterocycles. The molecule has 3 aliphatic heterocycles. The Kier molecular flexibility index (Phi) is 7.03. The molecule has 0 aromatic carbocycles. The van der Waals surface area contributed by atoms with Crippen LogP contribution in [0, 0.1) is 50.7 Å². The van der Waals surface area contributed by atoms with Crippen LogP contribution in [0.2, 0.25) is 0 Å². The highest BCUT2D eigenvalue weighted by Crippen LogP contribution is 2.90. The standard InChI is InChI=1S/C37H58O10/c1-18-15-21-28(44-19(2)38)32(5,6)47-37(46-21)27(18)33(7)13-14-36-17-35(36)12-11-24(45-29-26(41)25(40)20(39)16-43-29)31(3,4)22(35)9-10-23(36)34(33,8)30(37)42/h18,20-30,39-42H,9-17H2,1-8H3/t18-,20-,21?,22?,23?,24+,25+,26-,27?,28+,29?,30-,33-,34-,35?,36?,37?/m1/s1. The molecule has 5 aliphatic carbocycles. The van der Waals surface area contributed by atoms with Crippen LogP contribution in [0.4, 0.5) is 0 Å². The molecule has 8 aliphatic rings. The Balaban J connectivity index is 1.10. The van der Waals surface area contributed by atoms with Gasteiger partial charge in [0.2, 0.25) is 0 Å². The van der Waals surface area contributed by atoms with Crippen LogP contribution in [0.3, 0.4) is 0 Å². The van der Waals surface area contributed by atoms with E-state index in [0.29, 0.717) is 11.8 Å². The molecular weight excluding hydrogens is 604 g/mol. The molecule has 2 bridgehead atoms. The molecule has 266 valence electrons. The Labute approximate surface area is 279 Å². The number of ether oxygens (including phenoxy) is 5. The molecule has 5 saturated carbocycles. The van der Waals surface area contributed by atoms with Crippen molar-refractivity contribution in [2.75, 3.05) is 6.61 Å². The fourth-order valence-corrected chi connectivity index (χ4v) is 14.4. The van der Waals surface area contributed by atoms with Gasteiger partial charge in [-0.1, -0.05) is 34.6 Å². The Bertz CT molecular complexity index is 1320. The molecule has 8 rings (SSSR count). The van der Waals surface area contributed by atoms with E-state index in [1.807, 2.05) is 13.8 Å². The SMILES string of the molecule is CC(=O)O[C@H]1C2C[C@@H](C)C3C(O2)(OC1(C)C)[C@H](O)[C@@]1(C)C2CCC4C(C)(C)[C@@H](OC5OC[C@@H](O)[C@H](O)[C@H]5O)CCC45CC25CC[C@]31C. The Morgan fingerprint density at radius 3 is 2.26 bits per heavy atom. The van der Waals surface area contributed by atoms with Crippen molar-refractivity contribution < 1.29 is 48.9 Å². The highest BCUT2D eigenvalue weighted by atomic mass is 16.8. The normalized spacial score (nSPS) is 59.8. The summed E-state index contributed by atoms with van der Waals surface area (Å²) in [6.45, 7) is 17.0. The van der Waals surface area contributed by atoms with Crippen molar-refractivity contribution in [2.24, 2.45) is 50.7 Å². The van der Waals surface area contributed by atoms with Gasteiger partial charge < -0.3 is 44.1 Å². The van der Waals surface area contributed by atoms with E-state index in [0.717, 1.165) is 51.4 Å². The maximum atomic E-state index is 12.9. The maximum Gasteiger partial charge on any atom is 0.303 e. The van der Waals surface area contributed by atoms with Crippen LogP contribution in [0.1, 0.15) is 107 Å².